The van der Waals surface area contributed by atoms with Crippen LogP contribution in [-0.2, 0) is 0 Å². The minimum absolute atomic E-state index is 0.243. The molecule has 0 saturated carbocycles. The number of ether oxygens (including phenoxy) is 1. The van der Waals surface area contributed by atoms with Crippen molar-refractivity contribution in [3.8, 4) is 5.75 Å². The van der Waals surface area contributed by atoms with E-state index in [2.05, 4.69) is 24.8 Å². The van der Waals surface area contributed by atoms with E-state index in [4.69, 9.17) is 10.5 Å². The third-order valence-corrected chi connectivity index (χ3v) is 3.05. The van der Waals surface area contributed by atoms with Crippen LogP contribution >= 0.6 is 0 Å². The Labute approximate surface area is 105 Å². The van der Waals surface area contributed by atoms with Gasteiger partial charge in [-0.15, -0.1) is 0 Å². The Kier molecular flexibility index (Phi) is 6.01. The molecule has 0 unspecified atom stereocenters. The van der Waals surface area contributed by atoms with Gasteiger partial charge < -0.3 is 10.5 Å². The van der Waals surface area contributed by atoms with Gasteiger partial charge in [-0.3, -0.25) is 4.90 Å². The average molecular weight is 236 g/mol. The predicted molar refractivity (Wildman–Crippen MR) is 72.3 cm³/mol. The number of likely N-dealkylation sites (N-methyl/N-ethyl adjacent to an activating group) is 1. The number of hydrogen-bond donors (Lipinski definition) is 1. The Morgan fingerprint density at radius 1 is 1.18 bits per heavy atom. The van der Waals surface area contributed by atoms with Crippen molar-refractivity contribution in [1.82, 2.24) is 4.90 Å². The van der Waals surface area contributed by atoms with Gasteiger partial charge in [-0.2, -0.15) is 0 Å². The third kappa shape index (κ3) is 3.45. The van der Waals surface area contributed by atoms with Crippen molar-refractivity contribution in [2.24, 2.45) is 5.73 Å². The lowest BCUT2D eigenvalue weighted by molar-refractivity contribution is 0.217. The van der Waals surface area contributed by atoms with Gasteiger partial charge in [0.2, 0.25) is 0 Å². The second-order valence-corrected chi connectivity index (χ2v) is 3.94. The Hall–Kier alpha value is -1.06. The molecule has 0 saturated heterocycles. The smallest absolute Gasteiger partial charge is 0.124 e. The van der Waals surface area contributed by atoms with E-state index in [9.17, 15) is 0 Å². The zero-order chi connectivity index (χ0) is 12.7. The van der Waals surface area contributed by atoms with Gasteiger partial charge in [0.05, 0.1) is 12.6 Å². The standard InChI is InChI=1S/C14H24N2O/c1-4-16(5-2)13(11-15)12-9-7-8-10-14(12)17-6-3/h7-10,13H,4-6,11,15H2,1-3H3/t13-/m1/s1. The molecule has 0 aromatic heterocycles. The van der Waals surface area contributed by atoms with Crippen LogP contribution in [0, 0.1) is 0 Å². The molecule has 1 rings (SSSR count). The molecule has 1 aromatic carbocycles. The van der Waals surface area contributed by atoms with Gasteiger partial charge in [0, 0.05) is 12.1 Å². The van der Waals surface area contributed by atoms with Gasteiger partial charge in [0.1, 0.15) is 5.75 Å². The van der Waals surface area contributed by atoms with Gasteiger partial charge in [-0.1, -0.05) is 32.0 Å². The molecule has 0 heterocycles. The summed E-state index contributed by atoms with van der Waals surface area (Å²) in [5.74, 6) is 0.956. The SMILES string of the molecule is CCOc1ccccc1[C@@H](CN)N(CC)CC. The lowest BCUT2D eigenvalue weighted by atomic mass is 10.0. The highest BCUT2D eigenvalue weighted by Crippen LogP contribution is 2.28. The molecule has 0 spiro atoms. The normalized spacial score (nSPS) is 12.8. The van der Waals surface area contributed by atoms with Crippen molar-refractivity contribution >= 4 is 0 Å². The fraction of sp³-hybridized carbons (Fsp3) is 0.571. The summed E-state index contributed by atoms with van der Waals surface area (Å²) in [5, 5.41) is 0. The van der Waals surface area contributed by atoms with Crippen LogP contribution < -0.4 is 10.5 Å². The van der Waals surface area contributed by atoms with Crippen molar-refractivity contribution in [1.29, 1.82) is 0 Å². The molecule has 2 N–H and O–H groups in total. The van der Waals surface area contributed by atoms with Gasteiger partial charge >= 0.3 is 0 Å². The maximum absolute atomic E-state index is 5.92. The molecule has 96 valence electrons. The zero-order valence-corrected chi connectivity index (χ0v) is 11.1. The van der Waals surface area contributed by atoms with Crippen LogP contribution in [0.5, 0.6) is 5.75 Å². The molecule has 0 amide bonds. The van der Waals surface area contributed by atoms with Crippen LogP contribution in [0.15, 0.2) is 24.3 Å². The molecule has 0 radical (unpaired) electrons. The fourth-order valence-corrected chi connectivity index (χ4v) is 2.18. The molecule has 17 heavy (non-hydrogen) atoms. The molecule has 3 heteroatoms. The monoisotopic (exact) mass is 236 g/mol. The second kappa shape index (κ2) is 7.30. The number of para-hydroxylation sites is 1. The average Bonchev–Trinajstić information content (AvgIpc) is 2.37. The van der Waals surface area contributed by atoms with Crippen molar-refractivity contribution in [3.63, 3.8) is 0 Å². The van der Waals surface area contributed by atoms with E-state index in [0.29, 0.717) is 13.2 Å². The van der Waals surface area contributed by atoms with Crippen LogP contribution in [0.1, 0.15) is 32.4 Å². The van der Waals surface area contributed by atoms with Crippen LogP contribution in [-0.4, -0.2) is 31.1 Å². The molecule has 3 nitrogen and oxygen atoms in total. The highest BCUT2D eigenvalue weighted by Gasteiger charge is 2.19. The first-order chi connectivity index (χ1) is 8.28. The molecular weight excluding hydrogens is 212 g/mol. The van der Waals surface area contributed by atoms with Crippen LogP contribution in [0.4, 0.5) is 0 Å². The summed E-state index contributed by atoms with van der Waals surface area (Å²) in [7, 11) is 0. The first-order valence-electron chi connectivity index (χ1n) is 6.44. The van der Waals surface area contributed by atoms with Crippen molar-refractivity contribution in [2.75, 3.05) is 26.2 Å². The maximum Gasteiger partial charge on any atom is 0.124 e. The van der Waals surface area contributed by atoms with Crippen molar-refractivity contribution in [3.05, 3.63) is 29.8 Å². The van der Waals surface area contributed by atoms with E-state index in [0.717, 1.165) is 18.8 Å². The minimum atomic E-state index is 0.243. The summed E-state index contributed by atoms with van der Waals surface area (Å²) >= 11 is 0. The van der Waals surface area contributed by atoms with Crippen LogP contribution in [0.3, 0.4) is 0 Å². The summed E-state index contributed by atoms with van der Waals surface area (Å²) in [5.41, 5.74) is 7.12. The summed E-state index contributed by atoms with van der Waals surface area (Å²) in [6.07, 6.45) is 0. The number of nitrogens with zero attached hydrogens (tertiary/aromatic N) is 1. The molecular formula is C14H24N2O. The molecule has 0 bridgehead atoms. The van der Waals surface area contributed by atoms with Gasteiger partial charge in [0.25, 0.3) is 0 Å². The zero-order valence-electron chi connectivity index (χ0n) is 11.1. The third-order valence-electron chi connectivity index (χ3n) is 3.05. The van der Waals surface area contributed by atoms with E-state index >= 15 is 0 Å². The van der Waals surface area contributed by atoms with E-state index in [1.807, 2.05) is 25.1 Å². The molecule has 1 atom stereocenters. The largest absolute Gasteiger partial charge is 0.494 e. The molecule has 0 aliphatic heterocycles. The Morgan fingerprint density at radius 2 is 1.82 bits per heavy atom. The first kappa shape index (κ1) is 14.0. The number of nitrogens with two attached hydrogens (primary N) is 1. The number of rotatable bonds is 7. The summed E-state index contributed by atoms with van der Waals surface area (Å²) in [6.45, 7) is 9.63. The number of hydrogen-bond acceptors (Lipinski definition) is 3. The highest BCUT2D eigenvalue weighted by atomic mass is 16.5. The molecule has 0 aliphatic carbocycles. The summed E-state index contributed by atoms with van der Waals surface area (Å²) in [4.78, 5) is 2.36. The summed E-state index contributed by atoms with van der Waals surface area (Å²) in [6, 6.07) is 8.42. The highest BCUT2D eigenvalue weighted by molar-refractivity contribution is 5.36. The summed E-state index contributed by atoms with van der Waals surface area (Å²) < 4.78 is 5.68. The van der Waals surface area contributed by atoms with E-state index in [1.165, 1.54) is 5.56 Å². The van der Waals surface area contributed by atoms with E-state index in [1.54, 1.807) is 0 Å². The maximum atomic E-state index is 5.92. The molecule has 1 aromatic rings. The second-order valence-electron chi connectivity index (χ2n) is 3.94. The predicted octanol–water partition coefficient (Wildman–Crippen LogP) is 2.43. The lowest BCUT2D eigenvalue weighted by Crippen LogP contribution is -2.33. The quantitative estimate of drug-likeness (QED) is 0.790. The Balaban J connectivity index is 3.01. The Morgan fingerprint density at radius 3 is 2.35 bits per heavy atom. The van der Waals surface area contributed by atoms with E-state index in [-0.39, 0.29) is 6.04 Å². The van der Waals surface area contributed by atoms with Gasteiger partial charge in [-0.25, -0.2) is 0 Å². The molecule has 0 aliphatic rings. The topological polar surface area (TPSA) is 38.5 Å². The van der Waals surface area contributed by atoms with Crippen molar-refractivity contribution in [2.45, 2.75) is 26.8 Å². The van der Waals surface area contributed by atoms with Crippen LogP contribution in [0.2, 0.25) is 0 Å². The lowest BCUT2D eigenvalue weighted by Gasteiger charge is -2.30. The van der Waals surface area contributed by atoms with Gasteiger partial charge in [-0.05, 0) is 26.1 Å². The van der Waals surface area contributed by atoms with Crippen LogP contribution in [0.25, 0.3) is 0 Å². The van der Waals surface area contributed by atoms with Gasteiger partial charge in [0.15, 0.2) is 0 Å². The van der Waals surface area contributed by atoms with Crippen molar-refractivity contribution < 1.29 is 4.74 Å². The first-order valence-corrected chi connectivity index (χ1v) is 6.44. The molecule has 0 fully saturated rings. The minimum Gasteiger partial charge on any atom is -0.494 e. The Bertz CT molecular complexity index is 324. The van der Waals surface area contributed by atoms with E-state index < -0.39 is 0 Å². The number of benzene rings is 1. The fourth-order valence-electron chi connectivity index (χ4n) is 2.18.